The number of urea groups is 1. The molecule has 5 nitrogen and oxygen atoms in total. The van der Waals surface area contributed by atoms with Gasteiger partial charge in [0.15, 0.2) is 11.6 Å². The van der Waals surface area contributed by atoms with E-state index in [2.05, 4.69) is 10.6 Å². The summed E-state index contributed by atoms with van der Waals surface area (Å²) in [6.07, 6.45) is 0.663. The summed E-state index contributed by atoms with van der Waals surface area (Å²) in [5, 5.41) is 14.2. The molecule has 0 saturated heterocycles. The van der Waals surface area contributed by atoms with Gasteiger partial charge in [0.25, 0.3) is 0 Å². The number of carbonyl (C=O) groups is 1. The van der Waals surface area contributed by atoms with E-state index in [1.807, 2.05) is 24.3 Å². The predicted octanol–water partition coefficient (Wildman–Crippen LogP) is 2.69. The number of aliphatic hydroxyl groups excluding tert-OH is 1. The van der Waals surface area contributed by atoms with Gasteiger partial charge in [-0.05, 0) is 29.7 Å². The number of anilines is 1. The van der Waals surface area contributed by atoms with Gasteiger partial charge in [0, 0.05) is 18.3 Å². The van der Waals surface area contributed by atoms with Crippen LogP contribution in [0.25, 0.3) is 0 Å². The highest BCUT2D eigenvalue weighted by Crippen LogP contribution is 2.20. The maximum absolute atomic E-state index is 13.5. The zero-order chi connectivity index (χ0) is 16.7. The maximum atomic E-state index is 13.5. The first-order chi connectivity index (χ1) is 11.1. The molecular weight excluding hydrogens is 299 g/mol. The third-order valence-corrected chi connectivity index (χ3v) is 3.31. The molecule has 0 spiro atoms. The number of rotatable bonds is 6. The number of ether oxygens (including phenoxy) is 1. The van der Waals surface area contributed by atoms with Crippen molar-refractivity contribution in [1.82, 2.24) is 5.32 Å². The summed E-state index contributed by atoms with van der Waals surface area (Å²) in [5.74, 6) is -0.406. The van der Waals surface area contributed by atoms with Crippen LogP contribution in [0.1, 0.15) is 11.1 Å². The Labute approximate surface area is 134 Å². The third-order valence-electron chi connectivity index (χ3n) is 3.31. The predicted molar refractivity (Wildman–Crippen MR) is 86.0 cm³/mol. The summed E-state index contributed by atoms with van der Waals surface area (Å²) in [6, 6.07) is 11.3. The van der Waals surface area contributed by atoms with E-state index in [1.54, 1.807) is 6.07 Å². The summed E-state index contributed by atoms with van der Waals surface area (Å²) in [7, 11) is 1.38. The molecule has 2 aromatic carbocycles. The molecular formula is C17H19FN2O3. The first-order valence-corrected chi connectivity index (χ1v) is 7.19. The smallest absolute Gasteiger partial charge is 0.319 e. The number of hydrogen-bond acceptors (Lipinski definition) is 3. The molecule has 3 N–H and O–H groups in total. The van der Waals surface area contributed by atoms with Crippen molar-refractivity contribution in [3.63, 3.8) is 0 Å². The monoisotopic (exact) mass is 318 g/mol. The van der Waals surface area contributed by atoms with E-state index in [9.17, 15) is 9.18 Å². The Kier molecular flexibility index (Phi) is 5.94. The Bertz CT molecular complexity index is 659. The van der Waals surface area contributed by atoms with Crippen LogP contribution in [0.5, 0.6) is 5.75 Å². The summed E-state index contributed by atoms with van der Waals surface area (Å²) in [5.41, 5.74) is 2.26. The average molecular weight is 318 g/mol. The SMILES string of the molecule is COc1ccc(NC(=O)NCCc2ccc(CO)cc2)cc1F. The lowest BCUT2D eigenvalue weighted by Gasteiger charge is -2.09. The molecule has 2 aromatic rings. The van der Waals surface area contributed by atoms with Crippen molar-refractivity contribution < 1.29 is 19.0 Å². The van der Waals surface area contributed by atoms with Gasteiger partial charge in [-0.25, -0.2) is 9.18 Å². The first-order valence-electron chi connectivity index (χ1n) is 7.19. The minimum absolute atomic E-state index is 0.0133. The van der Waals surface area contributed by atoms with Crippen molar-refractivity contribution in [3.05, 3.63) is 59.4 Å². The number of halogens is 1. The van der Waals surface area contributed by atoms with Crippen LogP contribution in [0.3, 0.4) is 0 Å². The summed E-state index contributed by atoms with van der Waals surface area (Å²) in [4.78, 5) is 11.8. The van der Waals surface area contributed by atoms with E-state index in [4.69, 9.17) is 9.84 Å². The first kappa shape index (κ1) is 16.8. The van der Waals surface area contributed by atoms with Crippen molar-refractivity contribution in [1.29, 1.82) is 0 Å². The lowest BCUT2D eigenvalue weighted by molar-refractivity contribution is 0.252. The molecule has 0 radical (unpaired) electrons. The van der Waals surface area contributed by atoms with Crippen LogP contribution in [0.2, 0.25) is 0 Å². The van der Waals surface area contributed by atoms with Gasteiger partial charge < -0.3 is 20.5 Å². The molecule has 0 heterocycles. The fourth-order valence-electron chi connectivity index (χ4n) is 2.05. The highest BCUT2D eigenvalue weighted by Gasteiger charge is 2.06. The second kappa shape index (κ2) is 8.14. The van der Waals surface area contributed by atoms with Crippen molar-refractivity contribution in [2.45, 2.75) is 13.0 Å². The number of amides is 2. The molecule has 0 fully saturated rings. The summed E-state index contributed by atoms with van der Waals surface area (Å²) >= 11 is 0. The molecule has 0 unspecified atom stereocenters. The minimum atomic E-state index is -0.533. The van der Waals surface area contributed by atoms with Gasteiger partial charge in [0.05, 0.1) is 13.7 Å². The molecule has 122 valence electrons. The Morgan fingerprint density at radius 1 is 1.17 bits per heavy atom. The minimum Gasteiger partial charge on any atom is -0.494 e. The Morgan fingerprint density at radius 2 is 1.87 bits per heavy atom. The number of hydrogen-bond donors (Lipinski definition) is 3. The Hall–Kier alpha value is -2.60. The lowest BCUT2D eigenvalue weighted by Crippen LogP contribution is -2.30. The summed E-state index contributed by atoms with van der Waals surface area (Å²) < 4.78 is 18.3. The average Bonchev–Trinajstić information content (AvgIpc) is 2.55. The number of methoxy groups -OCH3 is 1. The molecule has 6 heteroatoms. The lowest BCUT2D eigenvalue weighted by atomic mass is 10.1. The van der Waals surface area contributed by atoms with E-state index in [0.29, 0.717) is 18.7 Å². The highest BCUT2D eigenvalue weighted by atomic mass is 19.1. The van der Waals surface area contributed by atoms with Gasteiger partial charge in [-0.3, -0.25) is 0 Å². The number of benzene rings is 2. The van der Waals surface area contributed by atoms with Gasteiger partial charge in [0.2, 0.25) is 0 Å². The van der Waals surface area contributed by atoms with Crippen molar-refractivity contribution in [2.75, 3.05) is 19.0 Å². The molecule has 0 aliphatic rings. The standard InChI is InChI=1S/C17H19FN2O3/c1-23-16-7-6-14(10-15(16)18)20-17(22)19-9-8-12-2-4-13(11-21)5-3-12/h2-7,10,21H,8-9,11H2,1H3,(H2,19,20,22). The third kappa shape index (κ3) is 4.96. The fraction of sp³-hybridized carbons (Fsp3) is 0.235. The number of nitrogens with one attached hydrogen (secondary N) is 2. The molecule has 0 bridgehead atoms. The maximum Gasteiger partial charge on any atom is 0.319 e. The molecule has 23 heavy (non-hydrogen) atoms. The zero-order valence-corrected chi connectivity index (χ0v) is 12.8. The van der Waals surface area contributed by atoms with E-state index in [0.717, 1.165) is 11.1 Å². The van der Waals surface area contributed by atoms with Crippen LogP contribution in [0, 0.1) is 5.82 Å². The van der Waals surface area contributed by atoms with Crippen molar-refractivity contribution >= 4 is 11.7 Å². The highest BCUT2D eigenvalue weighted by molar-refractivity contribution is 5.89. The van der Waals surface area contributed by atoms with Crippen LogP contribution < -0.4 is 15.4 Å². The number of carbonyl (C=O) groups excluding carboxylic acids is 1. The van der Waals surface area contributed by atoms with Crippen LogP contribution >= 0.6 is 0 Å². The number of aliphatic hydroxyl groups is 1. The van der Waals surface area contributed by atoms with E-state index >= 15 is 0 Å². The molecule has 0 aliphatic heterocycles. The van der Waals surface area contributed by atoms with Crippen LogP contribution in [-0.4, -0.2) is 24.8 Å². The normalized spacial score (nSPS) is 10.2. The molecule has 2 amide bonds. The van der Waals surface area contributed by atoms with Crippen LogP contribution in [0.4, 0.5) is 14.9 Å². The molecule has 0 aliphatic carbocycles. The van der Waals surface area contributed by atoms with Gasteiger partial charge in [-0.2, -0.15) is 0 Å². The van der Waals surface area contributed by atoms with Gasteiger partial charge >= 0.3 is 6.03 Å². The van der Waals surface area contributed by atoms with Crippen molar-refractivity contribution in [3.8, 4) is 5.75 Å². The molecule has 0 aromatic heterocycles. The van der Waals surface area contributed by atoms with Crippen molar-refractivity contribution in [2.24, 2.45) is 0 Å². The van der Waals surface area contributed by atoms with Crippen LogP contribution in [-0.2, 0) is 13.0 Å². The summed E-state index contributed by atoms with van der Waals surface area (Å²) in [6.45, 7) is 0.461. The molecule has 2 rings (SSSR count). The molecule has 0 atom stereocenters. The zero-order valence-electron chi connectivity index (χ0n) is 12.8. The Morgan fingerprint density at radius 3 is 2.48 bits per heavy atom. The van der Waals surface area contributed by atoms with Gasteiger partial charge in [-0.1, -0.05) is 24.3 Å². The van der Waals surface area contributed by atoms with Gasteiger partial charge in [-0.15, -0.1) is 0 Å². The Balaban J connectivity index is 1.79. The largest absolute Gasteiger partial charge is 0.494 e. The topological polar surface area (TPSA) is 70.6 Å². The van der Waals surface area contributed by atoms with E-state index in [-0.39, 0.29) is 12.4 Å². The van der Waals surface area contributed by atoms with Gasteiger partial charge in [0.1, 0.15) is 0 Å². The quantitative estimate of drug-likeness (QED) is 0.767. The van der Waals surface area contributed by atoms with E-state index in [1.165, 1.54) is 19.2 Å². The second-order valence-corrected chi connectivity index (χ2v) is 4.95. The second-order valence-electron chi connectivity index (χ2n) is 4.95. The fourth-order valence-corrected chi connectivity index (χ4v) is 2.05. The van der Waals surface area contributed by atoms with Crippen LogP contribution in [0.15, 0.2) is 42.5 Å². The molecule has 0 saturated carbocycles. The van der Waals surface area contributed by atoms with E-state index < -0.39 is 11.8 Å².